The van der Waals surface area contributed by atoms with Crippen LogP contribution in [0.5, 0.6) is 0 Å². The molecule has 0 fully saturated rings. The molecule has 0 saturated carbocycles. The van der Waals surface area contributed by atoms with E-state index in [2.05, 4.69) is 35.3 Å². The van der Waals surface area contributed by atoms with Crippen LogP contribution in [-0.2, 0) is 0 Å². The fraction of sp³-hybridized carbons (Fsp3) is 0. The van der Waals surface area contributed by atoms with Crippen molar-refractivity contribution < 1.29 is 0 Å². The van der Waals surface area contributed by atoms with Crippen LogP contribution in [0.3, 0.4) is 0 Å². The van der Waals surface area contributed by atoms with Crippen molar-refractivity contribution in [2.45, 2.75) is 0 Å². The van der Waals surface area contributed by atoms with Crippen LogP contribution in [0.4, 0.5) is 0 Å². The molecule has 0 spiro atoms. The maximum absolute atomic E-state index is 6.49. The molecule has 0 aliphatic heterocycles. The van der Waals surface area contributed by atoms with E-state index in [0.29, 0.717) is 10.2 Å². The SMILES string of the molecule is Clc1[nH]c2ccc(-c3ccccc3)c(-c3ccccc3)c2c1Cl. The number of fused-ring (bicyclic) bond motifs is 1. The van der Waals surface area contributed by atoms with Gasteiger partial charge in [0.15, 0.2) is 0 Å². The second-order valence-electron chi connectivity index (χ2n) is 5.40. The number of H-pyrrole nitrogens is 1. The lowest BCUT2D eigenvalue weighted by molar-refractivity contribution is 1.47. The molecule has 0 atom stereocenters. The minimum Gasteiger partial charge on any atom is -0.344 e. The third-order valence-electron chi connectivity index (χ3n) is 4.01. The van der Waals surface area contributed by atoms with Crippen LogP contribution < -0.4 is 0 Å². The highest BCUT2D eigenvalue weighted by atomic mass is 35.5. The first-order chi connectivity index (χ1) is 11.3. The Balaban J connectivity index is 2.13. The zero-order valence-corrected chi connectivity index (χ0v) is 13.7. The average molecular weight is 338 g/mol. The Bertz CT molecular complexity index is 973. The first-order valence-electron chi connectivity index (χ1n) is 7.36. The lowest BCUT2D eigenvalue weighted by atomic mass is 9.92. The molecular formula is C20H13Cl2N. The molecule has 112 valence electrons. The lowest BCUT2D eigenvalue weighted by Gasteiger charge is -2.12. The molecule has 1 heterocycles. The summed E-state index contributed by atoms with van der Waals surface area (Å²) in [5.74, 6) is 0. The smallest absolute Gasteiger partial charge is 0.126 e. The highest BCUT2D eigenvalue weighted by Crippen LogP contribution is 2.43. The van der Waals surface area contributed by atoms with Gasteiger partial charge in [0.25, 0.3) is 0 Å². The Hall–Kier alpha value is -2.22. The van der Waals surface area contributed by atoms with Crippen LogP contribution in [-0.4, -0.2) is 4.98 Å². The molecule has 0 amide bonds. The molecule has 0 aliphatic carbocycles. The van der Waals surface area contributed by atoms with Crippen molar-refractivity contribution >= 4 is 34.1 Å². The standard InChI is InChI=1S/C20H13Cl2N/c21-19-18-16(23-20(19)22)12-11-15(13-7-3-1-4-8-13)17(18)14-9-5-2-6-10-14/h1-12,23H. The van der Waals surface area contributed by atoms with Crippen LogP contribution in [0, 0.1) is 0 Å². The van der Waals surface area contributed by atoms with E-state index in [0.717, 1.165) is 33.2 Å². The Morgan fingerprint density at radius 1 is 0.652 bits per heavy atom. The summed E-state index contributed by atoms with van der Waals surface area (Å²) in [6, 6.07) is 24.7. The molecule has 4 aromatic rings. The first-order valence-corrected chi connectivity index (χ1v) is 8.12. The zero-order chi connectivity index (χ0) is 15.8. The third-order valence-corrected chi connectivity index (χ3v) is 4.77. The van der Waals surface area contributed by atoms with Crippen LogP contribution in [0.1, 0.15) is 0 Å². The van der Waals surface area contributed by atoms with Gasteiger partial charge >= 0.3 is 0 Å². The van der Waals surface area contributed by atoms with Gasteiger partial charge in [-0.25, -0.2) is 0 Å². The van der Waals surface area contributed by atoms with Gasteiger partial charge in [-0.05, 0) is 22.8 Å². The largest absolute Gasteiger partial charge is 0.344 e. The second-order valence-corrected chi connectivity index (χ2v) is 6.15. The number of aromatic nitrogens is 1. The molecular weight excluding hydrogens is 325 g/mol. The average Bonchev–Trinajstić information content (AvgIpc) is 2.90. The number of halogens is 2. The minimum atomic E-state index is 0.476. The van der Waals surface area contributed by atoms with E-state index in [4.69, 9.17) is 23.2 Å². The zero-order valence-electron chi connectivity index (χ0n) is 12.2. The van der Waals surface area contributed by atoms with Gasteiger partial charge in [-0.2, -0.15) is 0 Å². The first kappa shape index (κ1) is 14.4. The molecule has 23 heavy (non-hydrogen) atoms. The molecule has 0 saturated heterocycles. The van der Waals surface area contributed by atoms with Crippen molar-refractivity contribution in [1.82, 2.24) is 4.98 Å². The molecule has 3 aromatic carbocycles. The molecule has 1 nitrogen and oxygen atoms in total. The number of benzene rings is 3. The van der Waals surface area contributed by atoms with Crippen molar-refractivity contribution in [2.24, 2.45) is 0 Å². The predicted molar refractivity (Wildman–Crippen MR) is 99.2 cm³/mol. The summed E-state index contributed by atoms with van der Waals surface area (Å²) in [6.07, 6.45) is 0. The third kappa shape index (κ3) is 2.42. The fourth-order valence-corrected chi connectivity index (χ4v) is 3.42. The summed E-state index contributed by atoms with van der Waals surface area (Å²) in [5.41, 5.74) is 5.46. The van der Waals surface area contributed by atoms with Crippen molar-refractivity contribution in [3.8, 4) is 22.3 Å². The molecule has 0 radical (unpaired) electrons. The number of hydrogen-bond acceptors (Lipinski definition) is 0. The molecule has 1 aromatic heterocycles. The van der Waals surface area contributed by atoms with Gasteiger partial charge < -0.3 is 4.98 Å². The van der Waals surface area contributed by atoms with Gasteiger partial charge in [0.1, 0.15) is 5.15 Å². The van der Waals surface area contributed by atoms with Crippen molar-refractivity contribution in [2.75, 3.05) is 0 Å². The highest BCUT2D eigenvalue weighted by molar-refractivity contribution is 6.46. The van der Waals surface area contributed by atoms with E-state index in [-0.39, 0.29) is 0 Å². The molecule has 3 heteroatoms. The van der Waals surface area contributed by atoms with Crippen LogP contribution in [0.25, 0.3) is 33.2 Å². The van der Waals surface area contributed by atoms with E-state index in [1.54, 1.807) is 0 Å². The predicted octanol–water partition coefficient (Wildman–Crippen LogP) is 6.81. The molecule has 0 bridgehead atoms. The number of nitrogens with one attached hydrogen (secondary N) is 1. The van der Waals surface area contributed by atoms with E-state index < -0.39 is 0 Å². The normalized spacial score (nSPS) is 11.0. The summed E-state index contributed by atoms with van der Waals surface area (Å²) >= 11 is 12.7. The van der Waals surface area contributed by atoms with Crippen LogP contribution >= 0.6 is 23.2 Å². The minimum absolute atomic E-state index is 0.476. The van der Waals surface area contributed by atoms with Gasteiger partial charge in [0.05, 0.1) is 5.02 Å². The van der Waals surface area contributed by atoms with E-state index in [1.807, 2.05) is 42.5 Å². The highest BCUT2D eigenvalue weighted by Gasteiger charge is 2.17. The Morgan fingerprint density at radius 2 is 1.26 bits per heavy atom. The molecule has 1 N–H and O–H groups in total. The number of rotatable bonds is 2. The summed E-state index contributed by atoms with van der Waals surface area (Å²) in [6.45, 7) is 0. The Morgan fingerprint density at radius 3 is 1.91 bits per heavy atom. The van der Waals surface area contributed by atoms with Crippen LogP contribution in [0.2, 0.25) is 10.2 Å². The van der Waals surface area contributed by atoms with Crippen molar-refractivity contribution in [1.29, 1.82) is 0 Å². The number of aromatic amines is 1. The second kappa shape index (κ2) is 5.77. The van der Waals surface area contributed by atoms with Crippen molar-refractivity contribution in [3.63, 3.8) is 0 Å². The Labute approximate surface area is 144 Å². The van der Waals surface area contributed by atoms with E-state index in [9.17, 15) is 0 Å². The quantitative estimate of drug-likeness (QED) is 0.413. The van der Waals surface area contributed by atoms with Gasteiger partial charge in [0, 0.05) is 16.5 Å². The maximum atomic E-state index is 6.49. The molecule has 0 aliphatic rings. The van der Waals surface area contributed by atoms with Gasteiger partial charge in [-0.3, -0.25) is 0 Å². The topological polar surface area (TPSA) is 15.8 Å². The molecule has 4 rings (SSSR count). The van der Waals surface area contributed by atoms with E-state index in [1.165, 1.54) is 0 Å². The van der Waals surface area contributed by atoms with Gasteiger partial charge in [-0.15, -0.1) is 0 Å². The van der Waals surface area contributed by atoms with Gasteiger partial charge in [0.2, 0.25) is 0 Å². The monoisotopic (exact) mass is 337 g/mol. The lowest BCUT2D eigenvalue weighted by Crippen LogP contribution is -1.87. The summed E-state index contributed by atoms with van der Waals surface area (Å²) in [7, 11) is 0. The summed E-state index contributed by atoms with van der Waals surface area (Å²) in [5, 5.41) is 2.01. The maximum Gasteiger partial charge on any atom is 0.126 e. The fourth-order valence-electron chi connectivity index (χ4n) is 2.98. The Kier molecular flexibility index (Phi) is 3.60. The molecule has 0 unspecified atom stereocenters. The van der Waals surface area contributed by atoms with E-state index >= 15 is 0 Å². The van der Waals surface area contributed by atoms with Gasteiger partial charge in [-0.1, -0.05) is 89.9 Å². The van der Waals surface area contributed by atoms with Crippen LogP contribution in [0.15, 0.2) is 72.8 Å². The summed E-state index contributed by atoms with van der Waals surface area (Å²) < 4.78 is 0. The number of hydrogen-bond donors (Lipinski definition) is 1. The van der Waals surface area contributed by atoms with Crippen molar-refractivity contribution in [3.05, 3.63) is 83.0 Å². The summed E-state index contributed by atoms with van der Waals surface area (Å²) in [4.78, 5) is 3.15.